The number of carbonyl (C=O) groups excluding carboxylic acids is 1. The molecule has 0 aliphatic heterocycles. The Hall–Kier alpha value is -1.11. The van der Waals surface area contributed by atoms with Crippen LogP contribution >= 0.6 is 0 Å². The molecule has 16 heavy (non-hydrogen) atoms. The molecule has 0 aromatic carbocycles. The third kappa shape index (κ3) is 0.904. The van der Waals surface area contributed by atoms with Crippen molar-refractivity contribution in [3.05, 3.63) is 36.0 Å². The average molecular weight is 214 g/mol. The maximum atomic E-state index is 12.5. The van der Waals surface area contributed by atoms with E-state index in [0.717, 1.165) is 12.0 Å². The largest absolute Gasteiger partial charge is 0.298 e. The van der Waals surface area contributed by atoms with Gasteiger partial charge in [-0.3, -0.25) is 4.79 Å². The lowest BCUT2D eigenvalue weighted by atomic mass is 9.51. The summed E-state index contributed by atoms with van der Waals surface area (Å²) in [5, 5.41) is 0. The Morgan fingerprint density at radius 3 is 2.75 bits per heavy atom. The van der Waals surface area contributed by atoms with E-state index < -0.39 is 0 Å². The molecule has 0 unspecified atom stereocenters. The molecular formula is C15H18O. The predicted molar refractivity (Wildman–Crippen MR) is 64.9 cm³/mol. The third-order valence-electron chi connectivity index (χ3n) is 4.87. The second-order valence-corrected chi connectivity index (χ2v) is 6.12. The fraction of sp³-hybridized carbons (Fsp3) is 0.533. The maximum Gasteiger partial charge on any atom is 0.150 e. The van der Waals surface area contributed by atoms with Crippen molar-refractivity contribution in [3.8, 4) is 0 Å². The molecule has 4 atom stereocenters. The maximum absolute atomic E-state index is 12.5. The zero-order valence-electron chi connectivity index (χ0n) is 10.2. The fourth-order valence-corrected chi connectivity index (χ4v) is 3.94. The summed E-state index contributed by atoms with van der Waals surface area (Å²) >= 11 is 0. The van der Waals surface area contributed by atoms with Gasteiger partial charge in [-0.25, -0.2) is 0 Å². The van der Waals surface area contributed by atoms with Gasteiger partial charge in [-0.1, -0.05) is 37.3 Å². The van der Waals surface area contributed by atoms with Gasteiger partial charge < -0.3 is 0 Å². The quantitative estimate of drug-likeness (QED) is 0.612. The van der Waals surface area contributed by atoms with Crippen LogP contribution in [0.4, 0.5) is 0 Å². The SMILES string of the molecule is C=C(C)C1=C[C@@H]2[C@@]3(C)C=C[C@]2(C)C(=O)[C@@H]1C3. The monoisotopic (exact) mass is 214 g/mol. The van der Waals surface area contributed by atoms with E-state index in [4.69, 9.17) is 0 Å². The molecule has 4 rings (SSSR count). The first-order chi connectivity index (χ1) is 7.38. The number of hydrogen-bond acceptors (Lipinski definition) is 1. The molecule has 4 aliphatic rings. The van der Waals surface area contributed by atoms with Gasteiger partial charge in [0.2, 0.25) is 0 Å². The van der Waals surface area contributed by atoms with Crippen molar-refractivity contribution in [1.29, 1.82) is 0 Å². The molecule has 0 N–H and O–H groups in total. The lowest BCUT2D eigenvalue weighted by Gasteiger charge is -2.51. The third-order valence-corrected chi connectivity index (χ3v) is 4.87. The minimum Gasteiger partial charge on any atom is -0.298 e. The van der Waals surface area contributed by atoms with Crippen LogP contribution in [0, 0.1) is 22.7 Å². The second kappa shape index (κ2) is 2.58. The van der Waals surface area contributed by atoms with Crippen LogP contribution in [0.3, 0.4) is 0 Å². The molecule has 1 nitrogen and oxygen atoms in total. The molecule has 0 radical (unpaired) electrons. The summed E-state index contributed by atoms with van der Waals surface area (Å²) in [7, 11) is 0. The number of ketones is 1. The minimum atomic E-state index is -0.239. The van der Waals surface area contributed by atoms with Gasteiger partial charge in [0.05, 0.1) is 5.41 Å². The number of carbonyl (C=O) groups is 1. The first kappa shape index (κ1) is 10.1. The van der Waals surface area contributed by atoms with E-state index in [1.807, 2.05) is 6.92 Å². The molecule has 1 heteroatoms. The van der Waals surface area contributed by atoms with Gasteiger partial charge in [0.25, 0.3) is 0 Å². The Labute approximate surface area is 96.9 Å². The summed E-state index contributed by atoms with van der Waals surface area (Å²) in [4.78, 5) is 12.5. The minimum absolute atomic E-state index is 0.0903. The van der Waals surface area contributed by atoms with E-state index in [9.17, 15) is 4.79 Å². The van der Waals surface area contributed by atoms with Crippen molar-refractivity contribution in [1.82, 2.24) is 0 Å². The molecule has 0 amide bonds. The summed E-state index contributed by atoms with van der Waals surface area (Å²) < 4.78 is 0. The zero-order valence-corrected chi connectivity index (χ0v) is 10.2. The predicted octanol–water partition coefficient (Wildman–Crippen LogP) is 3.29. The van der Waals surface area contributed by atoms with E-state index in [-0.39, 0.29) is 16.7 Å². The highest BCUT2D eigenvalue weighted by atomic mass is 16.1. The smallest absolute Gasteiger partial charge is 0.150 e. The highest BCUT2D eigenvalue weighted by Crippen LogP contribution is 2.63. The first-order valence-electron chi connectivity index (χ1n) is 6.01. The summed E-state index contributed by atoms with van der Waals surface area (Å²) in [6, 6.07) is 0. The van der Waals surface area contributed by atoms with Gasteiger partial charge in [0.1, 0.15) is 0 Å². The molecule has 1 fully saturated rings. The Balaban J connectivity index is 2.21. The Morgan fingerprint density at radius 1 is 1.44 bits per heavy atom. The number of hydrogen-bond donors (Lipinski definition) is 0. The van der Waals surface area contributed by atoms with Crippen LogP contribution in [0.2, 0.25) is 0 Å². The summed E-state index contributed by atoms with van der Waals surface area (Å²) in [5.41, 5.74) is 2.23. The van der Waals surface area contributed by atoms with E-state index in [1.54, 1.807) is 0 Å². The molecule has 0 aromatic heterocycles. The molecule has 1 saturated carbocycles. The highest BCUT2D eigenvalue weighted by Gasteiger charge is 2.61. The van der Waals surface area contributed by atoms with Crippen LogP contribution in [0.5, 0.6) is 0 Å². The van der Waals surface area contributed by atoms with Crippen LogP contribution in [0.25, 0.3) is 0 Å². The van der Waals surface area contributed by atoms with Crippen LogP contribution < -0.4 is 0 Å². The van der Waals surface area contributed by atoms with Crippen molar-refractivity contribution in [2.45, 2.75) is 27.2 Å². The highest BCUT2D eigenvalue weighted by molar-refractivity contribution is 5.95. The normalized spacial score (nSPS) is 48.4. The van der Waals surface area contributed by atoms with Crippen LogP contribution in [0.15, 0.2) is 36.0 Å². The topological polar surface area (TPSA) is 17.1 Å². The standard InChI is InChI=1S/C15H18O/c1-9(2)10-7-12-14(3)5-6-15(12,4)13(16)11(10)8-14/h5-7,11-12H,1,8H2,2-4H3/t11-,12-,14+,15+/m1/s1. The summed E-state index contributed by atoms with van der Waals surface area (Å²) in [6.45, 7) is 10.4. The van der Waals surface area contributed by atoms with Crippen molar-refractivity contribution in [2.75, 3.05) is 0 Å². The Morgan fingerprint density at radius 2 is 2.12 bits per heavy atom. The molecule has 0 heterocycles. The Kier molecular flexibility index (Phi) is 1.63. The number of Topliss-reactive ketones (excluding diaryl/α,β-unsaturated/α-hetero) is 1. The molecule has 0 spiro atoms. The molecular weight excluding hydrogens is 196 g/mol. The van der Waals surface area contributed by atoms with Gasteiger partial charge in [0, 0.05) is 11.8 Å². The van der Waals surface area contributed by atoms with Crippen LogP contribution in [-0.2, 0) is 4.79 Å². The van der Waals surface area contributed by atoms with E-state index in [0.29, 0.717) is 11.7 Å². The van der Waals surface area contributed by atoms with Crippen molar-refractivity contribution in [2.24, 2.45) is 22.7 Å². The van der Waals surface area contributed by atoms with Crippen molar-refractivity contribution >= 4 is 5.78 Å². The van der Waals surface area contributed by atoms with Crippen molar-refractivity contribution in [3.63, 3.8) is 0 Å². The molecule has 0 saturated heterocycles. The van der Waals surface area contributed by atoms with E-state index in [1.165, 1.54) is 5.57 Å². The van der Waals surface area contributed by atoms with Crippen molar-refractivity contribution < 1.29 is 4.79 Å². The van der Waals surface area contributed by atoms with E-state index >= 15 is 0 Å². The van der Waals surface area contributed by atoms with E-state index in [2.05, 4.69) is 38.7 Å². The molecule has 0 aromatic rings. The summed E-state index contributed by atoms with van der Waals surface area (Å²) in [5.74, 6) is 0.848. The lowest BCUT2D eigenvalue weighted by Crippen LogP contribution is -2.51. The first-order valence-corrected chi connectivity index (χ1v) is 6.01. The summed E-state index contributed by atoms with van der Waals surface area (Å²) in [6.07, 6.45) is 7.70. The van der Waals surface area contributed by atoms with Gasteiger partial charge in [-0.05, 0) is 31.3 Å². The zero-order chi connectivity index (χ0) is 11.7. The van der Waals surface area contributed by atoms with Crippen LogP contribution in [-0.4, -0.2) is 5.78 Å². The number of allylic oxidation sites excluding steroid dienone is 5. The second-order valence-electron chi connectivity index (χ2n) is 6.12. The van der Waals surface area contributed by atoms with Gasteiger partial charge >= 0.3 is 0 Å². The fourth-order valence-electron chi connectivity index (χ4n) is 3.94. The van der Waals surface area contributed by atoms with Crippen LogP contribution in [0.1, 0.15) is 27.2 Å². The average Bonchev–Trinajstić information content (AvgIpc) is 2.44. The Bertz CT molecular complexity index is 468. The van der Waals surface area contributed by atoms with Gasteiger partial charge in [-0.2, -0.15) is 0 Å². The molecule has 4 aliphatic carbocycles. The lowest BCUT2D eigenvalue weighted by molar-refractivity contribution is -0.137. The van der Waals surface area contributed by atoms with Gasteiger partial charge in [0.15, 0.2) is 5.78 Å². The molecule has 4 bridgehead atoms. The molecule has 84 valence electrons. The van der Waals surface area contributed by atoms with Gasteiger partial charge in [-0.15, -0.1) is 0 Å². The number of rotatable bonds is 1.